The van der Waals surface area contributed by atoms with Crippen LogP contribution in [0.4, 0.5) is 0 Å². The van der Waals surface area contributed by atoms with Crippen LogP contribution in [-0.4, -0.2) is 73.4 Å². The lowest BCUT2D eigenvalue weighted by Gasteiger charge is -2.28. The van der Waals surface area contributed by atoms with Gasteiger partial charge in [0.15, 0.2) is 0 Å². The zero-order valence-corrected chi connectivity index (χ0v) is 13.5. The fourth-order valence-corrected chi connectivity index (χ4v) is 4.48. The molecule has 1 aliphatic carbocycles. The molecule has 4 atom stereocenters. The Labute approximate surface area is 129 Å². The van der Waals surface area contributed by atoms with E-state index in [0.29, 0.717) is 12.2 Å². The van der Waals surface area contributed by atoms with E-state index in [2.05, 4.69) is 22.2 Å². The summed E-state index contributed by atoms with van der Waals surface area (Å²) in [4.78, 5) is 5.32. The summed E-state index contributed by atoms with van der Waals surface area (Å²) in [7, 11) is 2.33. The van der Waals surface area contributed by atoms with Crippen molar-refractivity contribution in [2.45, 2.75) is 75.3 Å². The second kappa shape index (κ2) is 6.15. The van der Waals surface area contributed by atoms with Crippen molar-refractivity contribution in [3.05, 3.63) is 0 Å². The van der Waals surface area contributed by atoms with Crippen LogP contribution in [0.2, 0.25) is 0 Å². The molecule has 1 N–H and O–H groups in total. The summed E-state index contributed by atoms with van der Waals surface area (Å²) in [6.07, 6.45) is 10.4. The van der Waals surface area contributed by atoms with Crippen molar-refractivity contribution in [3.8, 4) is 0 Å². The van der Waals surface area contributed by atoms with Gasteiger partial charge >= 0.3 is 0 Å². The Bertz CT molecular complexity index is 360. The summed E-state index contributed by atoms with van der Waals surface area (Å²) in [5.74, 6) is 0. The summed E-state index contributed by atoms with van der Waals surface area (Å²) < 4.78 is 6.27. The first-order valence-corrected chi connectivity index (χ1v) is 9.11. The van der Waals surface area contributed by atoms with Gasteiger partial charge in [0.2, 0.25) is 0 Å². The zero-order valence-electron chi connectivity index (χ0n) is 13.5. The molecule has 0 radical (unpaired) electrons. The van der Waals surface area contributed by atoms with Crippen LogP contribution in [0.3, 0.4) is 0 Å². The van der Waals surface area contributed by atoms with Gasteiger partial charge in [-0.3, -0.25) is 9.80 Å². The minimum Gasteiger partial charge on any atom is -0.372 e. The summed E-state index contributed by atoms with van der Waals surface area (Å²) >= 11 is 0. The first kappa shape index (κ1) is 14.4. The highest BCUT2D eigenvalue weighted by molar-refractivity contribution is 4.92. The summed E-state index contributed by atoms with van der Waals surface area (Å²) in [5, 5.41) is 3.62. The molecule has 4 aliphatic rings. The molecule has 0 aromatic heterocycles. The third-order valence-electron chi connectivity index (χ3n) is 6.10. The van der Waals surface area contributed by atoms with Gasteiger partial charge in [0.1, 0.15) is 0 Å². The standard InChI is InChI=1S/C17H31N3O/c1-19-14-4-5-15(19)11-20(9-8-14)12-17-7-6-16(21-17)10-18-13-2-3-13/h13-18H,2-12H2,1H3. The van der Waals surface area contributed by atoms with Gasteiger partial charge in [-0.15, -0.1) is 0 Å². The largest absolute Gasteiger partial charge is 0.372 e. The molecule has 4 nitrogen and oxygen atoms in total. The lowest BCUT2D eigenvalue weighted by Crippen LogP contribution is -2.40. The van der Waals surface area contributed by atoms with Crippen LogP contribution in [0.25, 0.3) is 0 Å². The van der Waals surface area contributed by atoms with Crippen molar-refractivity contribution in [3.63, 3.8) is 0 Å². The maximum Gasteiger partial charge on any atom is 0.0707 e. The molecule has 4 rings (SSSR count). The Morgan fingerprint density at radius 2 is 1.76 bits per heavy atom. The molecule has 0 aromatic carbocycles. The second-order valence-electron chi connectivity index (χ2n) is 7.74. The molecular formula is C17H31N3O. The van der Waals surface area contributed by atoms with Gasteiger partial charge in [-0.05, 0) is 58.5 Å². The third-order valence-corrected chi connectivity index (χ3v) is 6.10. The van der Waals surface area contributed by atoms with Crippen LogP contribution in [0, 0.1) is 0 Å². The molecule has 0 amide bonds. The number of rotatable bonds is 5. The van der Waals surface area contributed by atoms with Gasteiger partial charge in [-0.2, -0.15) is 0 Å². The molecule has 0 aromatic rings. The zero-order chi connectivity index (χ0) is 14.2. The normalized spacial score (nSPS) is 41.6. The topological polar surface area (TPSA) is 27.7 Å². The van der Waals surface area contributed by atoms with Crippen LogP contribution < -0.4 is 5.32 Å². The maximum atomic E-state index is 6.27. The Balaban J connectivity index is 1.23. The number of hydrogen-bond donors (Lipinski definition) is 1. The van der Waals surface area contributed by atoms with Crippen LogP contribution >= 0.6 is 0 Å². The Morgan fingerprint density at radius 3 is 2.62 bits per heavy atom. The second-order valence-corrected chi connectivity index (χ2v) is 7.74. The van der Waals surface area contributed by atoms with Gasteiger partial charge in [0.25, 0.3) is 0 Å². The predicted molar refractivity (Wildman–Crippen MR) is 84.5 cm³/mol. The number of likely N-dealkylation sites (N-methyl/N-ethyl adjacent to an activating group) is 1. The lowest BCUT2D eigenvalue weighted by atomic mass is 10.1. The number of nitrogens with zero attached hydrogens (tertiary/aromatic N) is 2. The van der Waals surface area contributed by atoms with Crippen LogP contribution in [0.15, 0.2) is 0 Å². The van der Waals surface area contributed by atoms with Crippen LogP contribution in [-0.2, 0) is 4.74 Å². The molecular weight excluding hydrogens is 262 g/mol. The predicted octanol–water partition coefficient (Wildman–Crippen LogP) is 1.45. The molecule has 0 spiro atoms. The molecule has 4 heteroatoms. The number of likely N-dealkylation sites (tertiary alicyclic amines) is 1. The summed E-state index contributed by atoms with van der Waals surface area (Å²) in [6, 6.07) is 2.45. The molecule has 21 heavy (non-hydrogen) atoms. The monoisotopic (exact) mass is 293 g/mol. The van der Waals surface area contributed by atoms with Crippen LogP contribution in [0.1, 0.15) is 44.9 Å². The van der Waals surface area contributed by atoms with E-state index in [1.165, 1.54) is 58.0 Å². The Morgan fingerprint density at radius 1 is 0.952 bits per heavy atom. The van der Waals surface area contributed by atoms with Gasteiger partial charge in [-0.1, -0.05) is 0 Å². The van der Waals surface area contributed by atoms with Crippen molar-refractivity contribution in [1.29, 1.82) is 0 Å². The van der Waals surface area contributed by atoms with E-state index in [1.807, 2.05) is 0 Å². The molecule has 4 unspecified atom stereocenters. The quantitative estimate of drug-likeness (QED) is 0.830. The molecule has 2 bridgehead atoms. The van der Waals surface area contributed by atoms with Crippen molar-refractivity contribution < 1.29 is 4.74 Å². The lowest BCUT2D eigenvalue weighted by molar-refractivity contribution is 0.0217. The summed E-state index contributed by atoms with van der Waals surface area (Å²) in [5.41, 5.74) is 0. The highest BCUT2D eigenvalue weighted by Gasteiger charge is 2.36. The molecule has 120 valence electrons. The number of nitrogens with one attached hydrogen (secondary N) is 1. The smallest absolute Gasteiger partial charge is 0.0707 e. The van der Waals surface area contributed by atoms with Gasteiger partial charge in [0.05, 0.1) is 12.2 Å². The van der Waals surface area contributed by atoms with E-state index in [1.54, 1.807) is 0 Å². The van der Waals surface area contributed by atoms with Crippen LogP contribution in [0.5, 0.6) is 0 Å². The maximum absolute atomic E-state index is 6.27. The van der Waals surface area contributed by atoms with E-state index >= 15 is 0 Å². The van der Waals surface area contributed by atoms with E-state index in [-0.39, 0.29) is 0 Å². The van der Waals surface area contributed by atoms with Crippen molar-refractivity contribution in [2.75, 3.05) is 33.2 Å². The fourth-order valence-electron chi connectivity index (χ4n) is 4.48. The molecule has 3 saturated heterocycles. The van der Waals surface area contributed by atoms with E-state index < -0.39 is 0 Å². The van der Waals surface area contributed by atoms with Crippen molar-refractivity contribution in [2.24, 2.45) is 0 Å². The molecule has 3 heterocycles. The molecule has 3 aliphatic heterocycles. The average molecular weight is 293 g/mol. The van der Waals surface area contributed by atoms with Gasteiger partial charge < -0.3 is 10.1 Å². The van der Waals surface area contributed by atoms with E-state index in [0.717, 1.165) is 31.2 Å². The summed E-state index contributed by atoms with van der Waals surface area (Å²) in [6.45, 7) is 4.78. The number of hydrogen-bond acceptors (Lipinski definition) is 4. The SMILES string of the molecule is CN1C2CCC1CN(CC1CCC(CNC3CC3)O1)CC2. The van der Waals surface area contributed by atoms with Gasteiger partial charge in [0, 0.05) is 37.8 Å². The fraction of sp³-hybridized carbons (Fsp3) is 1.00. The molecule has 1 saturated carbocycles. The van der Waals surface area contributed by atoms with E-state index in [4.69, 9.17) is 4.74 Å². The van der Waals surface area contributed by atoms with E-state index in [9.17, 15) is 0 Å². The third kappa shape index (κ3) is 3.44. The van der Waals surface area contributed by atoms with Crippen molar-refractivity contribution in [1.82, 2.24) is 15.1 Å². The Kier molecular flexibility index (Phi) is 4.23. The minimum absolute atomic E-state index is 0.474. The first-order valence-electron chi connectivity index (χ1n) is 9.11. The van der Waals surface area contributed by atoms with Crippen molar-refractivity contribution >= 4 is 0 Å². The number of fused-ring (bicyclic) bond motifs is 2. The Hall–Kier alpha value is -0.160. The number of ether oxygens (including phenoxy) is 1. The average Bonchev–Trinajstić information content (AvgIpc) is 3.12. The van der Waals surface area contributed by atoms with Gasteiger partial charge in [-0.25, -0.2) is 0 Å². The molecule has 4 fully saturated rings. The first-order chi connectivity index (χ1) is 10.3. The highest BCUT2D eigenvalue weighted by Crippen LogP contribution is 2.29. The minimum atomic E-state index is 0.474. The highest BCUT2D eigenvalue weighted by atomic mass is 16.5.